The van der Waals surface area contributed by atoms with Gasteiger partial charge in [-0.05, 0) is 60.9 Å². The molecule has 1 amide bonds. The lowest BCUT2D eigenvalue weighted by atomic mass is 9.87. The lowest BCUT2D eigenvalue weighted by molar-refractivity contribution is -0.127. The number of hydrogen-bond acceptors (Lipinski definition) is 3. The summed E-state index contributed by atoms with van der Waals surface area (Å²) < 4.78 is 27.3. The Morgan fingerprint density at radius 3 is 2.77 bits per heavy atom. The first-order valence-electron chi connectivity index (χ1n) is 10.5. The van der Waals surface area contributed by atoms with Gasteiger partial charge in [0, 0.05) is 18.1 Å². The molecule has 7 heteroatoms. The summed E-state index contributed by atoms with van der Waals surface area (Å²) >= 11 is 5.99. The van der Waals surface area contributed by atoms with Crippen LogP contribution >= 0.6 is 11.6 Å². The molecule has 2 aromatic rings. The number of halogens is 1. The zero-order valence-electron chi connectivity index (χ0n) is 16.9. The van der Waals surface area contributed by atoms with E-state index >= 15 is 0 Å². The van der Waals surface area contributed by atoms with E-state index in [0.717, 1.165) is 19.3 Å². The summed E-state index contributed by atoms with van der Waals surface area (Å²) in [5.41, 5.74) is 3.15. The fourth-order valence-corrected chi connectivity index (χ4v) is 6.34. The zero-order valence-corrected chi connectivity index (χ0v) is 18.5. The second-order valence-electron chi connectivity index (χ2n) is 8.24. The van der Waals surface area contributed by atoms with Crippen molar-refractivity contribution in [1.82, 2.24) is 9.62 Å². The standard InChI is InChI=1S/C23H27ClN2O3S/c24-20-10-3-6-17(14-20)16-30(28,29)26-13-5-9-19(15-26)23(27)25-22-12-4-8-18-7-1-2-11-21(18)22/h1-3,6-7,10-11,14,19,22H,4-5,8-9,12-13,15-16H2,(H,25,27). The van der Waals surface area contributed by atoms with E-state index in [1.807, 2.05) is 12.1 Å². The largest absolute Gasteiger partial charge is 0.349 e. The van der Waals surface area contributed by atoms with Crippen LogP contribution in [0.15, 0.2) is 48.5 Å². The monoisotopic (exact) mass is 446 g/mol. The van der Waals surface area contributed by atoms with E-state index in [1.54, 1.807) is 24.3 Å². The summed E-state index contributed by atoms with van der Waals surface area (Å²) in [6, 6.07) is 15.2. The molecule has 2 aromatic carbocycles. The number of fused-ring (bicyclic) bond motifs is 1. The number of sulfonamides is 1. The Morgan fingerprint density at radius 2 is 1.93 bits per heavy atom. The summed E-state index contributed by atoms with van der Waals surface area (Å²) in [6.45, 7) is 0.696. The van der Waals surface area contributed by atoms with Crippen LogP contribution in [0.5, 0.6) is 0 Å². The normalized spacial score (nSPS) is 22.3. The summed E-state index contributed by atoms with van der Waals surface area (Å²) in [5, 5.41) is 3.72. The molecule has 5 nitrogen and oxygen atoms in total. The molecule has 0 aromatic heterocycles. The van der Waals surface area contributed by atoms with Gasteiger partial charge in [-0.2, -0.15) is 0 Å². The number of carbonyl (C=O) groups is 1. The molecule has 30 heavy (non-hydrogen) atoms. The summed E-state index contributed by atoms with van der Waals surface area (Å²) in [4.78, 5) is 13.0. The number of piperidine rings is 1. The highest BCUT2D eigenvalue weighted by atomic mass is 35.5. The topological polar surface area (TPSA) is 66.5 Å². The minimum absolute atomic E-state index is 0.0147. The number of nitrogens with one attached hydrogen (secondary N) is 1. The number of hydrogen-bond donors (Lipinski definition) is 1. The zero-order chi connectivity index (χ0) is 21.1. The second-order valence-corrected chi connectivity index (χ2v) is 10.6. The Balaban J connectivity index is 1.42. The summed E-state index contributed by atoms with van der Waals surface area (Å²) in [5.74, 6) is -0.459. The Morgan fingerprint density at radius 1 is 1.10 bits per heavy atom. The van der Waals surface area contributed by atoms with Crippen LogP contribution in [0.3, 0.4) is 0 Å². The van der Waals surface area contributed by atoms with Gasteiger partial charge in [-0.25, -0.2) is 12.7 Å². The number of nitrogens with zero attached hydrogens (tertiary/aromatic N) is 1. The van der Waals surface area contributed by atoms with Gasteiger partial charge in [-0.3, -0.25) is 4.79 Å². The summed E-state index contributed by atoms with van der Waals surface area (Å²) in [6.07, 6.45) is 4.41. The molecular formula is C23H27ClN2O3S. The minimum atomic E-state index is -3.51. The molecular weight excluding hydrogens is 420 g/mol. The lowest BCUT2D eigenvalue weighted by Gasteiger charge is -2.33. The van der Waals surface area contributed by atoms with Crippen molar-refractivity contribution in [3.05, 3.63) is 70.2 Å². The molecule has 4 rings (SSSR count). The van der Waals surface area contributed by atoms with E-state index in [-0.39, 0.29) is 30.2 Å². The Kier molecular flexibility index (Phi) is 6.46. The van der Waals surface area contributed by atoms with Gasteiger partial charge in [0.2, 0.25) is 15.9 Å². The molecule has 0 bridgehead atoms. The van der Waals surface area contributed by atoms with Gasteiger partial charge in [-0.15, -0.1) is 0 Å². The lowest BCUT2D eigenvalue weighted by Crippen LogP contribution is -2.46. The van der Waals surface area contributed by atoms with Gasteiger partial charge in [0.25, 0.3) is 0 Å². The van der Waals surface area contributed by atoms with E-state index < -0.39 is 10.0 Å². The quantitative estimate of drug-likeness (QED) is 0.752. The van der Waals surface area contributed by atoms with Crippen LogP contribution < -0.4 is 5.32 Å². The maximum Gasteiger partial charge on any atom is 0.224 e. The van der Waals surface area contributed by atoms with Crippen LogP contribution in [0.25, 0.3) is 0 Å². The highest BCUT2D eigenvalue weighted by Gasteiger charge is 2.33. The van der Waals surface area contributed by atoms with Gasteiger partial charge < -0.3 is 5.32 Å². The molecule has 1 N–H and O–H groups in total. The first-order valence-corrected chi connectivity index (χ1v) is 12.5. The predicted octanol–water partition coefficient (Wildman–Crippen LogP) is 4.08. The first kappa shape index (κ1) is 21.3. The Bertz CT molecular complexity index is 1020. The van der Waals surface area contributed by atoms with E-state index in [2.05, 4.69) is 17.4 Å². The molecule has 2 unspecified atom stereocenters. The van der Waals surface area contributed by atoms with Crippen LogP contribution in [0, 0.1) is 5.92 Å². The second kappa shape index (κ2) is 9.08. The fourth-order valence-electron chi connectivity index (χ4n) is 4.53. The van der Waals surface area contributed by atoms with Crippen LogP contribution in [-0.2, 0) is 27.0 Å². The van der Waals surface area contributed by atoms with Crippen molar-refractivity contribution in [3.8, 4) is 0 Å². The SMILES string of the molecule is O=C(NC1CCCc2ccccc21)C1CCCN(S(=O)(=O)Cc2cccc(Cl)c2)C1. The van der Waals surface area contributed by atoms with Crippen LogP contribution in [0.2, 0.25) is 5.02 Å². The molecule has 1 aliphatic carbocycles. The minimum Gasteiger partial charge on any atom is -0.349 e. The molecule has 1 fully saturated rings. The van der Waals surface area contributed by atoms with Gasteiger partial charge >= 0.3 is 0 Å². The van der Waals surface area contributed by atoms with Gasteiger partial charge in [0.1, 0.15) is 0 Å². The van der Waals surface area contributed by atoms with Crippen LogP contribution in [-0.4, -0.2) is 31.7 Å². The third-order valence-electron chi connectivity index (χ3n) is 6.07. The van der Waals surface area contributed by atoms with Gasteiger partial charge in [0.05, 0.1) is 17.7 Å². The van der Waals surface area contributed by atoms with Crippen molar-refractivity contribution in [2.75, 3.05) is 13.1 Å². The van der Waals surface area contributed by atoms with Crippen LogP contribution in [0.4, 0.5) is 0 Å². The van der Waals surface area contributed by atoms with E-state index in [0.29, 0.717) is 30.0 Å². The van der Waals surface area contributed by atoms with Crippen molar-refractivity contribution < 1.29 is 13.2 Å². The Hall–Kier alpha value is -1.89. The first-order chi connectivity index (χ1) is 14.4. The Labute approximate surface area is 183 Å². The fraction of sp³-hybridized carbons (Fsp3) is 0.435. The summed E-state index contributed by atoms with van der Waals surface area (Å²) in [7, 11) is -3.51. The van der Waals surface area contributed by atoms with Gasteiger partial charge in [-0.1, -0.05) is 48.0 Å². The predicted molar refractivity (Wildman–Crippen MR) is 119 cm³/mol. The molecule has 2 aliphatic rings. The molecule has 1 aliphatic heterocycles. The average Bonchev–Trinajstić information content (AvgIpc) is 2.74. The van der Waals surface area contributed by atoms with Crippen LogP contribution in [0.1, 0.15) is 48.4 Å². The van der Waals surface area contributed by atoms with E-state index in [4.69, 9.17) is 11.6 Å². The molecule has 1 saturated heterocycles. The van der Waals surface area contributed by atoms with Crippen molar-refractivity contribution in [3.63, 3.8) is 0 Å². The highest BCUT2D eigenvalue weighted by molar-refractivity contribution is 7.88. The van der Waals surface area contributed by atoms with Crippen molar-refractivity contribution in [2.24, 2.45) is 5.92 Å². The van der Waals surface area contributed by atoms with Gasteiger partial charge in [0.15, 0.2) is 0 Å². The highest BCUT2D eigenvalue weighted by Crippen LogP contribution is 2.30. The molecule has 0 spiro atoms. The average molecular weight is 447 g/mol. The maximum atomic E-state index is 13.0. The maximum absolute atomic E-state index is 13.0. The molecule has 2 atom stereocenters. The number of benzene rings is 2. The number of aryl methyl sites for hydroxylation is 1. The number of amides is 1. The van der Waals surface area contributed by atoms with E-state index in [1.165, 1.54) is 15.4 Å². The molecule has 160 valence electrons. The third kappa shape index (κ3) is 4.88. The number of carbonyl (C=O) groups excluding carboxylic acids is 1. The van der Waals surface area contributed by atoms with Crippen molar-refractivity contribution in [2.45, 2.75) is 43.9 Å². The van der Waals surface area contributed by atoms with Crippen molar-refractivity contribution in [1.29, 1.82) is 0 Å². The van der Waals surface area contributed by atoms with Crippen molar-refractivity contribution >= 4 is 27.5 Å². The van der Waals surface area contributed by atoms with E-state index in [9.17, 15) is 13.2 Å². The third-order valence-corrected chi connectivity index (χ3v) is 8.12. The molecule has 0 saturated carbocycles. The molecule has 0 radical (unpaired) electrons. The molecule has 1 heterocycles. The number of rotatable bonds is 5. The smallest absolute Gasteiger partial charge is 0.224 e.